The number of hydrogen-bond acceptors (Lipinski definition) is 7. The molecule has 4 saturated carbocycles. The normalized spacial score (nSPS) is 21.4. The molecule has 0 spiro atoms. The first-order chi connectivity index (χ1) is 25.0. The molecule has 2 aromatic heterocycles. The molecule has 0 atom stereocenters. The summed E-state index contributed by atoms with van der Waals surface area (Å²) in [5.41, 5.74) is 1.35. The Morgan fingerprint density at radius 1 is 0.692 bits per heavy atom. The molecule has 4 aliphatic rings. The van der Waals surface area contributed by atoms with Crippen molar-refractivity contribution in [2.45, 2.75) is 51.4 Å². The first-order valence-corrected chi connectivity index (χ1v) is 17.6. The fourth-order valence-electron chi connectivity index (χ4n) is 8.64. The number of ether oxygens (including phenoxy) is 2. The van der Waals surface area contributed by atoms with Gasteiger partial charge < -0.3 is 19.7 Å². The van der Waals surface area contributed by atoms with Gasteiger partial charge in [-0.05, 0) is 111 Å². The minimum absolute atomic E-state index is 0.102. The highest BCUT2D eigenvalue weighted by atomic mass is 19.1. The van der Waals surface area contributed by atoms with E-state index in [1.165, 1.54) is 73.4 Å². The van der Waals surface area contributed by atoms with Crippen LogP contribution in [0.2, 0.25) is 0 Å². The number of rotatable bonds is 11. The number of aryl methyl sites for hydroxylation is 1. The maximum Gasteiger partial charge on any atom is 0.354 e. The van der Waals surface area contributed by atoms with Gasteiger partial charge in [0.05, 0.1) is 17.6 Å². The molecule has 0 unspecified atom stereocenters. The van der Waals surface area contributed by atoms with Crippen LogP contribution in [0.15, 0.2) is 78.9 Å². The summed E-state index contributed by atoms with van der Waals surface area (Å²) >= 11 is 0. The fraction of sp³-hybridized carbons (Fsp3) is 0.341. The Balaban J connectivity index is 0.000000164. The highest BCUT2D eigenvalue weighted by Gasteiger charge is 2.54. The minimum atomic E-state index is -1.19. The van der Waals surface area contributed by atoms with Crippen LogP contribution in [0.3, 0.4) is 0 Å². The van der Waals surface area contributed by atoms with Gasteiger partial charge in [-0.25, -0.2) is 28.3 Å². The lowest BCUT2D eigenvalue weighted by atomic mass is 9.48. The molecule has 3 aromatic carbocycles. The van der Waals surface area contributed by atoms with Crippen LogP contribution >= 0.6 is 0 Å². The summed E-state index contributed by atoms with van der Waals surface area (Å²) < 4.78 is 38.7. The van der Waals surface area contributed by atoms with E-state index in [1.807, 2.05) is 30.3 Å². The van der Waals surface area contributed by atoms with Crippen molar-refractivity contribution in [3.05, 3.63) is 107 Å². The number of nitrogens with zero attached hydrogens (tertiary/aromatic N) is 2. The molecular weight excluding hydrogens is 670 g/mol. The monoisotopic (exact) mass is 708 g/mol. The molecular formula is C41H38F2N2O7. The molecule has 2 N–H and O–H groups in total. The van der Waals surface area contributed by atoms with Crippen molar-refractivity contribution in [3.63, 3.8) is 0 Å². The van der Waals surface area contributed by atoms with Gasteiger partial charge in [-0.3, -0.25) is 4.79 Å². The Bertz CT molecular complexity index is 2120. The van der Waals surface area contributed by atoms with Crippen molar-refractivity contribution in [2.75, 3.05) is 13.2 Å². The SMILES string of the molecule is O=C(O)c1cc(OCC(=O)C23CC4CC(CC(C4)C2)C3)c2cc(F)ccc2n1.O=C(O)c1cc(OCCCc2ccccc2)c2cc(F)ccc2n1. The number of halogens is 2. The van der Waals surface area contributed by atoms with Crippen LogP contribution in [0.1, 0.15) is 71.5 Å². The second-order valence-corrected chi connectivity index (χ2v) is 14.3. The second kappa shape index (κ2) is 14.7. The van der Waals surface area contributed by atoms with E-state index in [1.54, 1.807) is 0 Å². The van der Waals surface area contributed by atoms with Gasteiger partial charge in [0.25, 0.3) is 0 Å². The topological polar surface area (TPSA) is 136 Å². The van der Waals surface area contributed by atoms with E-state index in [9.17, 15) is 28.3 Å². The van der Waals surface area contributed by atoms with E-state index in [0.29, 0.717) is 51.9 Å². The number of carbonyl (C=O) groups excluding carboxylic acids is 1. The van der Waals surface area contributed by atoms with Crippen LogP contribution in [0.25, 0.3) is 21.8 Å². The number of fused-ring (bicyclic) bond motifs is 2. The number of carboxylic acids is 2. The van der Waals surface area contributed by atoms with E-state index in [2.05, 4.69) is 9.97 Å². The largest absolute Gasteiger partial charge is 0.493 e. The second-order valence-electron chi connectivity index (χ2n) is 14.3. The molecule has 4 fully saturated rings. The number of Topliss-reactive ketones (excluding diaryl/α,β-unsaturated/α-hetero) is 1. The number of aromatic carboxylic acids is 2. The number of hydrogen-bond donors (Lipinski definition) is 2. The third-order valence-corrected chi connectivity index (χ3v) is 10.6. The molecule has 9 nitrogen and oxygen atoms in total. The van der Waals surface area contributed by atoms with E-state index >= 15 is 0 Å². The van der Waals surface area contributed by atoms with Gasteiger partial charge in [-0.1, -0.05) is 30.3 Å². The predicted octanol–water partition coefficient (Wildman–Crippen LogP) is 8.32. The first kappa shape index (κ1) is 35.0. The van der Waals surface area contributed by atoms with Gasteiger partial charge in [0.2, 0.25) is 0 Å². The van der Waals surface area contributed by atoms with Crippen molar-refractivity contribution in [1.82, 2.24) is 9.97 Å². The van der Waals surface area contributed by atoms with E-state index in [0.717, 1.165) is 32.1 Å². The summed E-state index contributed by atoms with van der Waals surface area (Å²) in [5, 5.41) is 19.3. The number of benzene rings is 3. The zero-order valence-corrected chi connectivity index (χ0v) is 28.4. The third-order valence-electron chi connectivity index (χ3n) is 10.6. The Labute approximate surface area is 298 Å². The molecule has 4 bridgehead atoms. The summed E-state index contributed by atoms with van der Waals surface area (Å²) in [5.74, 6) is -0.608. The molecule has 4 aliphatic carbocycles. The zero-order chi connectivity index (χ0) is 36.4. The van der Waals surface area contributed by atoms with Gasteiger partial charge in [0.15, 0.2) is 17.2 Å². The Hall–Kier alpha value is -5.45. The lowest BCUT2D eigenvalue weighted by Crippen LogP contribution is -2.51. The number of aromatic nitrogens is 2. The van der Waals surface area contributed by atoms with E-state index in [-0.39, 0.29) is 34.9 Å². The number of pyridine rings is 2. The van der Waals surface area contributed by atoms with Crippen LogP contribution < -0.4 is 9.47 Å². The summed E-state index contributed by atoms with van der Waals surface area (Å²) in [6.07, 6.45) is 8.24. The zero-order valence-electron chi connectivity index (χ0n) is 28.4. The molecule has 0 aliphatic heterocycles. The number of carboxylic acid groups (broad SMARTS) is 2. The quantitative estimate of drug-likeness (QED) is 0.130. The van der Waals surface area contributed by atoms with Crippen LogP contribution in [0.4, 0.5) is 8.78 Å². The van der Waals surface area contributed by atoms with E-state index < -0.39 is 23.6 Å². The van der Waals surface area contributed by atoms with Crippen molar-refractivity contribution in [1.29, 1.82) is 0 Å². The van der Waals surface area contributed by atoms with Gasteiger partial charge in [-0.15, -0.1) is 0 Å². The van der Waals surface area contributed by atoms with Crippen LogP contribution in [0, 0.1) is 34.8 Å². The maximum absolute atomic E-state index is 13.7. The standard InChI is InChI=1S/C22H22FNO4.C19H16FNO3/c23-15-1-2-17-16(6-15)19(7-18(24-17)21(26)27)28-11-20(25)22-8-12-3-13(9-22)5-14(4-12)10-22;20-14-8-9-16-15(11-14)18(12-17(21-16)19(22)23)24-10-4-7-13-5-2-1-3-6-13/h1-2,6-7,12-14H,3-5,8-11H2,(H,26,27);1-3,5-6,8-9,11-12H,4,7,10H2,(H,22,23). The molecule has 52 heavy (non-hydrogen) atoms. The lowest BCUT2D eigenvalue weighted by molar-refractivity contribution is -0.145. The highest BCUT2D eigenvalue weighted by Crippen LogP contribution is 2.60. The lowest BCUT2D eigenvalue weighted by Gasteiger charge is -2.55. The number of ketones is 1. The van der Waals surface area contributed by atoms with Crippen LogP contribution in [0.5, 0.6) is 11.5 Å². The smallest absolute Gasteiger partial charge is 0.354 e. The molecule has 268 valence electrons. The molecule has 5 aromatic rings. The van der Waals surface area contributed by atoms with Crippen molar-refractivity contribution >= 4 is 39.5 Å². The summed E-state index contributed by atoms with van der Waals surface area (Å²) in [4.78, 5) is 43.8. The Kier molecular flexibility index (Phi) is 9.85. The van der Waals surface area contributed by atoms with E-state index in [4.69, 9.17) is 14.6 Å². The molecule has 9 rings (SSSR count). The maximum atomic E-state index is 13.7. The summed E-state index contributed by atoms with van der Waals surface area (Å²) in [7, 11) is 0. The molecule has 0 amide bonds. The molecule has 11 heteroatoms. The van der Waals surface area contributed by atoms with Crippen LogP contribution in [-0.4, -0.2) is 51.1 Å². The predicted molar refractivity (Wildman–Crippen MR) is 189 cm³/mol. The van der Waals surface area contributed by atoms with Gasteiger partial charge in [0, 0.05) is 28.3 Å². The van der Waals surface area contributed by atoms with Crippen molar-refractivity contribution < 1.29 is 42.9 Å². The van der Waals surface area contributed by atoms with Gasteiger partial charge in [-0.2, -0.15) is 0 Å². The molecule has 2 heterocycles. The minimum Gasteiger partial charge on any atom is -0.493 e. The third kappa shape index (κ3) is 7.58. The van der Waals surface area contributed by atoms with Gasteiger partial charge >= 0.3 is 11.9 Å². The Morgan fingerprint density at radius 2 is 1.19 bits per heavy atom. The summed E-state index contributed by atoms with van der Waals surface area (Å²) in [6, 6.07) is 20.5. The van der Waals surface area contributed by atoms with Crippen LogP contribution in [-0.2, 0) is 11.2 Å². The average Bonchev–Trinajstić information content (AvgIpc) is 3.12. The molecule has 0 saturated heterocycles. The fourth-order valence-corrected chi connectivity index (χ4v) is 8.64. The Morgan fingerprint density at radius 3 is 1.69 bits per heavy atom. The van der Waals surface area contributed by atoms with Gasteiger partial charge in [0.1, 0.15) is 29.7 Å². The van der Waals surface area contributed by atoms with Crippen molar-refractivity contribution in [3.8, 4) is 11.5 Å². The summed E-state index contributed by atoms with van der Waals surface area (Å²) in [6.45, 7) is 0.296. The first-order valence-electron chi connectivity index (χ1n) is 17.6. The number of carbonyl (C=O) groups is 3. The highest BCUT2D eigenvalue weighted by molar-refractivity contribution is 5.94. The molecule has 0 radical (unpaired) electrons. The average molecular weight is 709 g/mol. The van der Waals surface area contributed by atoms with Crippen molar-refractivity contribution in [2.24, 2.45) is 23.2 Å².